The summed E-state index contributed by atoms with van der Waals surface area (Å²) in [6, 6.07) is 15.3. The number of benzene rings is 1. The SMILES string of the molecule is CCC(CC1CC1)NC(c1ccccc1)c1ccco1. The first-order chi connectivity index (χ1) is 9.86. The van der Waals surface area contributed by atoms with E-state index in [1.165, 1.54) is 31.2 Å². The summed E-state index contributed by atoms with van der Waals surface area (Å²) in [6.45, 7) is 2.27. The van der Waals surface area contributed by atoms with E-state index >= 15 is 0 Å². The summed E-state index contributed by atoms with van der Waals surface area (Å²) in [4.78, 5) is 0. The molecule has 2 aromatic rings. The fraction of sp³-hybridized carbons (Fsp3) is 0.444. The highest BCUT2D eigenvalue weighted by Crippen LogP contribution is 2.35. The van der Waals surface area contributed by atoms with E-state index in [-0.39, 0.29) is 6.04 Å². The van der Waals surface area contributed by atoms with E-state index in [4.69, 9.17) is 4.42 Å². The second-order valence-corrected chi connectivity index (χ2v) is 5.81. The van der Waals surface area contributed by atoms with Gasteiger partial charge in [-0.2, -0.15) is 0 Å². The van der Waals surface area contributed by atoms with Gasteiger partial charge in [0.05, 0.1) is 12.3 Å². The van der Waals surface area contributed by atoms with Crippen LogP contribution in [0.15, 0.2) is 53.1 Å². The molecule has 0 saturated heterocycles. The fourth-order valence-electron chi connectivity index (χ4n) is 2.79. The normalized spacial score (nSPS) is 17.9. The van der Waals surface area contributed by atoms with E-state index in [2.05, 4.69) is 48.6 Å². The number of nitrogens with one attached hydrogen (secondary N) is 1. The zero-order valence-corrected chi connectivity index (χ0v) is 12.1. The van der Waals surface area contributed by atoms with Crippen LogP contribution in [0.25, 0.3) is 0 Å². The van der Waals surface area contributed by atoms with E-state index in [1.54, 1.807) is 6.26 Å². The van der Waals surface area contributed by atoms with E-state index in [9.17, 15) is 0 Å². The molecule has 1 aromatic carbocycles. The molecule has 20 heavy (non-hydrogen) atoms. The lowest BCUT2D eigenvalue weighted by Crippen LogP contribution is -2.33. The van der Waals surface area contributed by atoms with E-state index in [1.807, 2.05) is 6.07 Å². The Kier molecular flexibility index (Phi) is 4.22. The molecule has 1 N–H and O–H groups in total. The maximum absolute atomic E-state index is 5.65. The van der Waals surface area contributed by atoms with Crippen molar-refractivity contribution in [2.45, 2.75) is 44.7 Å². The Morgan fingerprint density at radius 1 is 1.15 bits per heavy atom. The van der Waals surface area contributed by atoms with Crippen LogP contribution in [0.2, 0.25) is 0 Å². The Hall–Kier alpha value is -1.54. The first-order valence-corrected chi connectivity index (χ1v) is 7.71. The van der Waals surface area contributed by atoms with Crippen molar-refractivity contribution < 1.29 is 4.42 Å². The van der Waals surface area contributed by atoms with Gasteiger partial charge < -0.3 is 9.73 Å². The van der Waals surface area contributed by atoms with Crippen LogP contribution in [0, 0.1) is 5.92 Å². The summed E-state index contributed by atoms with van der Waals surface area (Å²) in [5.41, 5.74) is 1.27. The first kappa shape index (κ1) is 13.4. The second-order valence-electron chi connectivity index (χ2n) is 5.81. The smallest absolute Gasteiger partial charge is 0.125 e. The maximum Gasteiger partial charge on any atom is 0.125 e. The average molecular weight is 269 g/mol. The van der Waals surface area contributed by atoms with Crippen molar-refractivity contribution in [2.24, 2.45) is 5.92 Å². The lowest BCUT2D eigenvalue weighted by molar-refractivity contribution is 0.374. The molecule has 1 aliphatic carbocycles. The van der Waals surface area contributed by atoms with Crippen molar-refractivity contribution in [3.8, 4) is 0 Å². The predicted octanol–water partition coefficient (Wildman–Crippen LogP) is 4.54. The van der Waals surface area contributed by atoms with Gasteiger partial charge >= 0.3 is 0 Å². The monoisotopic (exact) mass is 269 g/mol. The van der Waals surface area contributed by atoms with Gasteiger partial charge in [0.1, 0.15) is 5.76 Å². The van der Waals surface area contributed by atoms with Gasteiger partial charge in [0.15, 0.2) is 0 Å². The molecule has 2 heteroatoms. The van der Waals surface area contributed by atoms with Crippen molar-refractivity contribution in [3.05, 3.63) is 60.1 Å². The van der Waals surface area contributed by atoms with Gasteiger partial charge in [-0.3, -0.25) is 0 Å². The molecule has 2 nitrogen and oxygen atoms in total. The van der Waals surface area contributed by atoms with Gasteiger partial charge in [-0.1, -0.05) is 50.1 Å². The molecule has 106 valence electrons. The largest absolute Gasteiger partial charge is 0.467 e. The van der Waals surface area contributed by atoms with Crippen molar-refractivity contribution >= 4 is 0 Å². The molecule has 1 aromatic heterocycles. The zero-order chi connectivity index (χ0) is 13.8. The topological polar surface area (TPSA) is 25.2 Å². The molecule has 2 unspecified atom stereocenters. The molecule has 0 radical (unpaired) electrons. The average Bonchev–Trinajstić information content (AvgIpc) is 3.15. The molecule has 3 rings (SSSR count). The first-order valence-electron chi connectivity index (χ1n) is 7.71. The number of rotatable bonds is 7. The van der Waals surface area contributed by atoms with Crippen LogP contribution in [0.4, 0.5) is 0 Å². The molecule has 0 aliphatic heterocycles. The molecule has 1 fully saturated rings. The number of hydrogen-bond donors (Lipinski definition) is 1. The molecule has 1 heterocycles. The zero-order valence-electron chi connectivity index (χ0n) is 12.1. The summed E-state index contributed by atoms with van der Waals surface area (Å²) >= 11 is 0. The highest BCUT2D eigenvalue weighted by molar-refractivity contribution is 5.26. The summed E-state index contributed by atoms with van der Waals surface area (Å²) < 4.78 is 5.65. The van der Waals surface area contributed by atoms with Crippen LogP contribution in [-0.4, -0.2) is 6.04 Å². The van der Waals surface area contributed by atoms with Crippen LogP contribution < -0.4 is 5.32 Å². The minimum atomic E-state index is 0.162. The Morgan fingerprint density at radius 3 is 2.55 bits per heavy atom. The Morgan fingerprint density at radius 2 is 1.95 bits per heavy atom. The summed E-state index contributed by atoms with van der Waals surface area (Å²) in [5.74, 6) is 1.95. The van der Waals surface area contributed by atoms with Gasteiger partial charge in [-0.15, -0.1) is 0 Å². The highest BCUT2D eigenvalue weighted by Gasteiger charge is 2.27. The Balaban J connectivity index is 1.78. The van der Waals surface area contributed by atoms with Gasteiger partial charge in [0, 0.05) is 6.04 Å². The molecule has 0 bridgehead atoms. The van der Waals surface area contributed by atoms with Gasteiger partial charge in [0.2, 0.25) is 0 Å². The van der Waals surface area contributed by atoms with Crippen molar-refractivity contribution in [1.29, 1.82) is 0 Å². The quantitative estimate of drug-likeness (QED) is 0.798. The second kappa shape index (κ2) is 6.27. The summed E-state index contributed by atoms with van der Waals surface area (Å²) in [7, 11) is 0. The summed E-state index contributed by atoms with van der Waals surface area (Å²) in [5, 5.41) is 3.80. The molecule has 0 spiro atoms. The predicted molar refractivity (Wildman–Crippen MR) is 81.5 cm³/mol. The minimum absolute atomic E-state index is 0.162. The molecular formula is C18H23NO. The van der Waals surface area contributed by atoms with Gasteiger partial charge in [-0.25, -0.2) is 0 Å². The van der Waals surface area contributed by atoms with Gasteiger partial charge in [0.25, 0.3) is 0 Å². The fourth-order valence-corrected chi connectivity index (χ4v) is 2.79. The van der Waals surface area contributed by atoms with Crippen LogP contribution in [0.3, 0.4) is 0 Å². The third-order valence-corrected chi connectivity index (χ3v) is 4.17. The van der Waals surface area contributed by atoms with Crippen molar-refractivity contribution in [3.63, 3.8) is 0 Å². The van der Waals surface area contributed by atoms with Gasteiger partial charge in [-0.05, 0) is 36.5 Å². The molecule has 0 amide bonds. The van der Waals surface area contributed by atoms with Crippen LogP contribution in [0.1, 0.15) is 50.0 Å². The van der Waals surface area contributed by atoms with Crippen LogP contribution in [-0.2, 0) is 0 Å². The number of furan rings is 1. The van der Waals surface area contributed by atoms with Crippen LogP contribution in [0.5, 0.6) is 0 Å². The standard InChI is InChI=1S/C18H23NO/c1-2-16(13-14-10-11-14)19-18(17-9-6-12-20-17)15-7-4-3-5-8-15/h3-9,12,14,16,18-19H,2,10-11,13H2,1H3. The molecule has 1 aliphatic rings. The van der Waals surface area contributed by atoms with Crippen molar-refractivity contribution in [1.82, 2.24) is 5.32 Å². The maximum atomic E-state index is 5.65. The van der Waals surface area contributed by atoms with E-state index < -0.39 is 0 Å². The highest BCUT2D eigenvalue weighted by atomic mass is 16.3. The molecule has 1 saturated carbocycles. The number of hydrogen-bond acceptors (Lipinski definition) is 2. The Labute approximate surface area is 121 Å². The van der Waals surface area contributed by atoms with E-state index in [0.29, 0.717) is 6.04 Å². The Bertz CT molecular complexity index is 501. The third kappa shape index (κ3) is 3.31. The minimum Gasteiger partial charge on any atom is -0.467 e. The van der Waals surface area contributed by atoms with Crippen molar-refractivity contribution in [2.75, 3.05) is 0 Å². The molecular weight excluding hydrogens is 246 g/mol. The van der Waals surface area contributed by atoms with Crippen LogP contribution >= 0.6 is 0 Å². The lowest BCUT2D eigenvalue weighted by Gasteiger charge is -2.24. The van der Waals surface area contributed by atoms with E-state index in [0.717, 1.165) is 11.7 Å². The third-order valence-electron chi connectivity index (χ3n) is 4.17. The lowest BCUT2D eigenvalue weighted by atomic mass is 10.0. The summed E-state index contributed by atoms with van der Waals surface area (Å²) in [6.07, 6.45) is 7.04. The molecule has 2 atom stereocenters.